The molecular formula is C14H21BrF3NO. The van der Waals surface area contributed by atoms with Gasteiger partial charge in [-0.3, -0.25) is 4.79 Å². The molecule has 20 heavy (non-hydrogen) atoms. The third-order valence-electron chi connectivity index (χ3n) is 4.65. The summed E-state index contributed by atoms with van der Waals surface area (Å²) in [5.74, 6) is -0.755. The highest BCUT2D eigenvalue weighted by Gasteiger charge is 2.43. The van der Waals surface area contributed by atoms with Crippen LogP contribution in [0.4, 0.5) is 13.2 Å². The molecule has 1 heterocycles. The number of hydrogen-bond donors (Lipinski definition) is 0. The Hall–Kier alpha value is -0.260. The summed E-state index contributed by atoms with van der Waals surface area (Å²) in [6.45, 7) is 1.55. The second-order valence-electron chi connectivity index (χ2n) is 6.01. The minimum atomic E-state index is -4.09. The summed E-state index contributed by atoms with van der Waals surface area (Å²) in [7, 11) is 0. The van der Waals surface area contributed by atoms with Gasteiger partial charge in [0.15, 0.2) is 0 Å². The molecule has 2 nitrogen and oxygen atoms in total. The lowest BCUT2D eigenvalue weighted by Crippen LogP contribution is -2.38. The molecule has 0 spiro atoms. The van der Waals surface area contributed by atoms with Crippen molar-refractivity contribution in [3.8, 4) is 0 Å². The quantitative estimate of drug-likeness (QED) is 0.701. The van der Waals surface area contributed by atoms with Crippen molar-refractivity contribution in [1.29, 1.82) is 0 Å². The second kappa shape index (κ2) is 6.67. The highest BCUT2D eigenvalue weighted by molar-refractivity contribution is 9.09. The Morgan fingerprint density at radius 3 is 2.35 bits per heavy atom. The summed E-state index contributed by atoms with van der Waals surface area (Å²) < 4.78 is 37.8. The lowest BCUT2D eigenvalue weighted by molar-refractivity contribution is -0.185. The number of rotatable bonds is 3. The molecule has 1 unspecified atom stereocenters. The van der Waals surface area contributed by atoms with Crippen molar-refractivity contribution in [2.75, 3.05) is 18.4 Å². The van der Waals surface area contributed by atoms with Gasteiger partial charge in [0.25, 0.3) is 0 Å². The fraction of sp³-hybridized carbons (Fsp3) is 0.929. The van der Waals surface area contributed by atoms with Crippen LogP contribution in [0.15, 0.2) is 0 Å². The molecule has 116 valence electrons. The van der Waals surface area contributed by atoms with Crippen LogP contribution in [-0.2, 0) is 4.79 Å². The molecule has 6 heteroatoms. The fourth-order valence-corrected chi connectivity index (χ4v) is 4.00. The molecule has 1 atom stereocenters. The summed E-state index contributed by atoms with van der Waals surface area (Å²) >= 11 is 3.41. The third kappa shape index (κ3) is 3.89. The van der Waals surface area contributed by atoms with Gasteiger partial charge >= 0.3 is 6.18 Å². The molecule has 0 aromatic carbocycles. The molecule has 2 rings (SSSR count). The molecule has 1 saturated carbocycles. The Bertz CT molecular complexity index is 340. The smallest absolute Gasteiger partial charge is 0.342 e. The van der Waals surface area contributed by atoms with E-state index in [1.54, 1.807) is 0 Å². The van der Waals surface area contributed by atoms with Gasteiger partial charge in [-0.15, -0.1) is 0 Å². The zero-order valence-corrected chi connectivity index (χ0v) is 13.0. The van der Waals surface area contributed by atoms with Crippen LogP contribution in [0, 0.1) is 17.8 Å². The predicted octanol–water partition coefficient (Wildman–Crippen LogP) is 3.99. The van der Waals surface area contributed by atoms with E-state index in [4.69, 9.17) is 0 Å². The first-order chi connectivity index (χ1) is 9.41. The third-order valence-corrected chi connectivity index (χ3v) is 5.11. The van der Waals surface area contributed by atoms with Crippen molar-refractivity contribution in [2.24, 2.45) is 17.8 Å². The Morgan fingerprint density at radius 2 is 1.80 bits per heavy atom. The zero-order chi connectivity index (χ0) is 14.8. The van der Waals surface area contributed by atoms with Crippen LogP contribution in [0.25, 0.3) is 0 Å². The summed E-state index contributed by atoms with van der Waals surface area (Å²) in [5.41, 5.74) is 0. The van der Waals surface area contributed by atoms with E-state index in [0.717, 1.165) is 31.3 Å². The second-order valence-corrected chi connectivity index (χ2v) is 6.80. The van der Waals surface area contributed by atoms with Crippen molar-refractivity contribution in [3.05, 3.63) is 0 Å². The molecule has 0 aromatic rings. The van der Waals surface area contributed by atoms with E-state index in [1.807, 2.05) is 4.90 Å². The highest BCUT2D eigenvalue weighted by Crippen LogP contribution is 2.40. The lowest BCUT2D eigenvalue weighted by atomic mass is 9.81. The number of carbonyl (C=O) groups excluding carboxylic acids is 1. The molecule has 2 fully saturated rings. The molecule has 0 radical (unpaired) electrons. The van der Waals surface area contributed by atoms with Crippen LogP contribution in [0.1, 0.15) is 38.5 Å². The van der Waals surface area contributed by atoms with E-state index in [-0.39, 0.29) is 24.7 Å². The minimum absolute atomic E-state index is 0.0858. The molecule has 2 aliphatic rings. The first-order valence-corrected chi connectivity index (χ1v) is 8.45. The van der Waals surface area contributed by atoms with Gasteiger partial charge in [0.05, 0.1) is 5.92 Å². The Kier molecular flexibility index (Phi) is 5.37. The lowest BCUT2D eigenvalue weighted by Gasteiger charge is -2.31. The number of carbonyl (C=O) groups is 1. The first kappa shape index (κ1) is 16.1. The zero-order valence-electron chi connectivity index (χ0n) is 11.5. The standard InChI is InChI=1S/C14H21BrF3NO/c15-7-5-10-6-8-19(9-10)13(20)11-1-3-12(4-2-11)14(16,17)18/h10-12H,1-9H2. The van der Waals surface area contributed by atoms with Crippen molar-refractivity contribution < 1.29 is 18.0 Å². The van der Waals surface area contributed by atoms with Gasteiger partial charge in [-0.05, 0) is 44.4 Å². The van der Waals surface area contributed by atoms with E-state index >= 15 is 0 Å². The first-order valence-electron chi connectivity index (χ1n) is 7.33. The number of halogens is 4. The topological polar surface area (TPSA) is 20.3 Å². The number of alkyl halides is 4. The van der Waals surface area contributed by atoms with Gasteiger partial charge in [0, 0.05) is 24.3 Å². The van der Waals surface area contributed by atoms with Gasteiger partial charge in [0.1, 0.15) is 0 Å². The number of nitrogens with zero attached hydrogens (tertiary/aromatic N) is 1. The molecular weight excluding hydrogens is 335 g/mol. The average molecular weight is 356 g/mol. The summed E-state index contributed by atoms with van der Waals surface area (Å²) in [4.78, 5) is 14.2. The van der Waals surface area contributed by atoms with E-state index < -0.39 is 12.1 Å². The van der Waals surface area contributed by atoms with E-state index in [0.29, 0.717) is 18.8 Å². The van der Waals surface area contributed by atoms with Crippen LogP contribution in [0.3, 0.4) is 0 Å². The normalized spacial score (nSPS) is 31.6. The van der Waals surface area contributed by atoms with Crippen LogP contribution >= 0.6 is 15.9 Å². The molecule has 1 amide bonds. The Morgan fingerprint density at radius 1 is 1.15 bits per heavy atom. The number of hydrogen-bond acceptors (Lipinski definition) is 1. The summed E-state index contributed by atoms with van der Waals surface area (Å²) in [6, 6.07) is 0. The van der Waals surface area contributed by atoms with Crippen molar-refractivity contribution in [1.82, 2.24) is 4.90 Å². The molecule has 1 aliphatic carbocycles. The fourth-order valence-electron chi connectivity index (χ4n) is 3.35. The predicted molar refractivity (Wildman–Crippen MR) is 74.6 cm³/mol. The van der Waals surface area contributed by atoms with Gasteiger partial charge in [-0.1, -0.05) is 15.9 Å². The van der Waals surface area contributed by atoms with Gasteiger partial charge in [-0.2, -0.15) is 13.2 Å². The molecule has 1 saturated heterocycles. The van der Waals surface area contributed by atoms with Crippen molar-refractivity contribution in [3.63, 3.8) is 0 Å². The molecule has 1 aliphatic heterocycles. The van der Waals surface area contributed by atoms with Crippen molar-refractivity contribution >= 4 is 21.8 Å². The highest BCUT2D eigenvalue weighted by atomic mass is 79.9. The molecule has 0 aromatic heterocycles. The Balaban J connectivity index is 1.81. The maximum atomic E-state index is 12.6. The van der Waals surface area contributed by atoms with Gasteiger partial charge in [-0.25, -0.2) is 0 Å². The van der Waals surface area contributed by atoms with Crippen LogP contribution in [0.5, 0.6) is 0 Å². The van der Waals surface area contributed by atoms with Gasteiger partial charge < -0.3 is 4.90 Å². The maximum absolute atomic E-state index is 12.6. The number of likely N-dealkylation sites (tertiary alicyclic amines) is 1. The van der Waals surface area contributed by atoms with Crippen LogP contribution in [-0.4, -0.2) is 35.4 Å². The molecule has 0 bridgehead atoms. The van der Waals surface area contributed by atoms with Crippen molar-refractivity contribution in [2.45, 2.75) is 44.7 Å². The average Bonchev–Trinajstić information content (AvgIpc) is 2.86. The summed E-state index contributed by atoms with van der Waals surface area (Å²) in [6.07, 6.45) is -1.01. The number of amides is 1. The molecule has 0 N–H and O–H groups in total. The maximum Gasteiger partial charge on any atom is 0.391 e. The van der Waals surface area contributed by atoms with Gasteiger partial charge in [0.2, 0.25) is 5.91 Å². The largest absolute Gasteiger partial charge is 0.391 e. The monoisotopic (exact) mass is 355 g/mol. The van der Waals surface area contributed by atoms with E-state index in [2.05, 4.69) is 15.9 Å². The van der Waals surface area contributed by atoms with Crippen LogP contribution < -0.4 is 0 Å². The Labute approximate surface area is 126 Å². The minimum Gasteiger partial charge on any atom is -0.342 e. The van der Waals surface area contributed by atoms with Crippen LogP contribution in [0.2, 0.25) is 0 Å². The SMILES string of the molecule is O=C(C1CCC(C(F)(F)F)CC1)N1CCC(CCBr)C1. The van der Waals surface area contributed by atoms with E-state index in [9.17, 15) is 18.0 Å². The van der Waals surface area contributed by atoms with E-state index in [1.165, 1.54) is 0 Å². The summed E-state index contributed by atoms with van der Waals surface area (Å²) in [5, 5.41) is 0.941.